The fourth-order valence-electron chi connectivity index (χ4n) is 2.96. The van der Waals surface area contributed by atoms with Gasteiger partial charge in [0.2, 0.25) is 5.91 Å². The van der Waals surface area contributed by atoms with Crippen molar-refractivity contribution in [2.24, 2.45) is 0 Å². The van der Waals surface area contributed by atoms with Crippen molar-refractivity contribution in [2.45, 2.75) is 32.9 Å². The minimum absolute atomic E-state index is 0.171. The molecule has 1 unspecified atom stereocenters. The first-order valence-electron chi connectivity index (χ1n) is 9.57. The minimum atomic E-state index is -0.659. The van der Waals surface area contributed by atoms with Gasteiger partial charge >= 0.3 is 0 Å². The van der Waals surface area contributed by atoms with E-state index in [2.05, 4.69) is 5.32 Å². The van der Waals surface area contributed by atoms with Gasteiger partial charge in [0.25, 0.3) is 5.91 Å². The molecule has 1 atom stereocenters. The molecule has 0 saturated carbocycles. The van der Waals surface area contributed by atoms with Gasteiger partial charge < -0.3 is 19.7 Å². The molecule has 1 N–H and O–H groups in total. The minimum Gasteiger partial charge on any atom is -0.493 e. The van der Waals surface area contributed by atoms with Crippen molar-refractivity contribution in [1.29, 1.82) is 0 Å². The van der Waals surface area contributed by atoms with Gasteiger partial charge in [-0.25, -0.2) is 4.39 Å². The highest BCUT2D eigenvalue weighted by atomic mass is 19.1. The Hall–Kier alpha value is -3.09. The van der Waals surface area contributed by atoms with Crippen LogP contribution in [0.2, 0.25) is 0 Å². The van der Waals surface area contributed by atoms with E-state index in [9.17, 15) is 14.0 Å². The van der Waals surface area contributed by atoms with Gasteiger partial charge in [-0.15, -0.1) is 0 Å². The topological polar surface area (TPSA) is 67.9 Å². The SMILES string of the molecule is CCNC(=O)C(CC)N(Cc1ccc(F)cc1)C(=O)COc1ccccc1OC. The van der Waals surface area contributed by atoms with E-state index in [0.717, 1.165) is 5.56 Å². The van der Waals surface area contributed by atoms with E-state index in [1.54, 1.807) is 36.4 Å². The fraction of sp³-hybridized carbons (Fsp3) is 0.364. The number of carbonyl (C=O) groups is 2. The van der Waals surface area contributed by atoms with Gasteiger partial charge in [0, 0.05) is 13.1 Å². The summed E-state index contributed by atoms with van der Waals surface area (Å²) in [6.45, 7) is 4.04. The molecule has 0 bridgehead atoms. The van der Waals surface area contributed by atoms with Crippen LogP contribution in [0.3, 0.4) is 0 Å². The normalized spacial score (nSPS) is 11.4. The summed E-state index contributed by atoms with van der Waals surface area (Å²) in [4.78, 5) is 27.0. The lowest BCUT2D eigenvalue weighted by Crippen LogP contribution is -2.50. The molecule has 0 aliphatic heterocycles. The monoisotopic (exact) mass is 402 g/mol. The molecule has 2 aromatic carbocycles. The van der Waals surface area contributed by atoms with Gasteiger partial charge in [0.05, 0.1) is 7.11 Å². The third-order valence-electron chi connectivity index (χ3n) is 4.42. The van der Waals surface area contributed by atoms with Crippen molar-refractivity contribution in [3.8, 4) is 11.5 Å². The quantitative estimate of drug-likeness (QED) is 0.663. The van der Waals surface area contributed by atoms with Gasteiger partial charge in [-0.05, 0) is 43.2 Å². The molecule has 6 nitrogen and oxygen atoms in total. The van der Waals surface area contributed by atoms with E-state index in [1.807, 2.05) is 13.8 Å². The Labute approximate surface area is 170 Å². The molecule has 0 aromatic heterocycles. The van der Waals surface area contributed by atoms with Crippen LogP contribution >= 0.6 is 0 Å². The second kappa shape index (κ2) is 11.0. The average Bonchev–Trinajstić information content (AvgIpc) is 2.73. The number of nitrogens with zero attached hydrogens (tertiary/aromatic N) is 1. The maximum atomic E-state index is 13.2. The number of hydrogen-bond donors (Lipinski definition) is 1. The van der Waals surface area contributed by atoms with E-state index < -0.39 is 6.04 Å². The highest BCUT2D eigenvalue weighted by molar-refractivity contribution is 5.88. The number of likely N-dealkylation sites (N-methyl/N-ethyl adjacent to an activating group) is 1. The zero-order chi connectivity index (χ0) is 21.2. The van der Waals surface area contributed by atoms with Crippen molar-refractivity contribution >= 4 is 11.8 Å². The first-order chi connectivity index (χ1) is 14.0. The summed E-state index contributed by atoms with van der Waals surface area (Å²) in [7, 11) is 1.52. The number of para-hydroxylation sites is 2. The molecule has 0 radical (unpaired) electrons. The van der Waals surface area contributed by atoms with Crippen LogP contribution in [0, 0.1) is 5.82 Å². The summed E-state index contributed by atoms with van der Waals surface area (Å²) in [6.07, 6.45) is 0.438. The molecular weight excluding hydrogens is 375 g/mol. The predicted molar refractivity (Wildman–Crippen MR) is 108 cm³/mol. The second-order valence-corrected chi connectivity index (χ2v) is 6.41. The number of carbonyl (C=O) groups excluding carboxylic acids is 2. The van der Waals surface area contributed by atoms with Gasteiger partial charge in [0.15, 0.2) is 18.1 Å². The van der Waals surface area contributed by atoms with Crippen LogP contribution in [0.25, 0.3) is 0 Å². The summed E-state index contributed by atoms with van der Waals surface area (Å²) >= 11 is 0. The lowest BCUT2D eigenvalue weighted by Gasteiger charge is -2.30. The summed E-state index contributed by atoms with van der Waals surface area (Å²) < 4.78 is 24.1. The van der Waals surface area contributed by atoms with Crippen molar-refractivity contribution in [3.05, 3.63) is 59.9 Å². The molecule has 0 spiro atoms. The van der Waals surface area contributed by atoms with Crippen LogP contribution in [0.15, 0.2) is 48.5 Å². The van der Waals surface area contributed by atoms with E-state index >= 15 is 0 Å². The second-order valence-electron chi connectivity index (χ2n) is 6.41. The smallest absolute Gasteiger partial charge is 0.261 e. The Morgan fingerprint density at radius 1 is 1.07 bits per heavy atom. The first kappa shape index (κ1) is 22.2. The van der Waals surface area contributed by atoms with Crippen molar-refractivity contribution in [1.82, 2.24) is 10.2 Å². The highest BCUT2D eigenvalue weighted by Gasteiger charge is 2.28. The van der Waals surface area contributed by atoms with Crippen molar-refractivity contribution in [3.63, 3.8) is 0 Å². The van der Waals surface area contributed by atoms with Gasteiger partial charge in [-0.1, -0.05) is 31.2 Å². The third-order valence-corrected chi connectivity index (χ3v) is 4.42. The Bertz CT molecular complexity index is 811. The molecule has 156 valence electrons. The zero-order valence-electron chi connectivity index (χ0n) is 17.0. The zero-order valence-corrected chi connectivity index (χ0v) is 17.0. The highest BCUT2D eigenvalue weighted by Crippen LogP contribution is 2.26. The lowest BCUT2D eigenvalue weighted by atomic mass is 10.1. The Morgan fingerprint density at radius 2 is 1.72 bits per heavy atom. The Morgan fingerprint density at radius 3 is 2.31 bits per heavy atom. The molecule has 7 heteroatoms. The first-order valence-corrected chi connectivity index (χ1v) is 9.57. The van der Waals surface area contributed by atoms with Crippen LogP contribution in [-0.4, -0.2) is 43.0 Å². The van der Waals surface area contributed by atoms with E-state index in [1.165, 1.54) is 24.1 Å². The van der Waals surface area contributed by atoms with E-state index in [-0.39, 0.29) is 30.8 Å². The standard InChI is InChI=1S/C22H27FN2O4/c1-4-18(22(27)24-5-2)25(14-16-10-12-17(23)13-11-16)21(26)15-29-20-9-7-6-8-19(20)28-3/h6-13,18H,4-5,14-15H2,1-3H3,(H,24,27). The maximum absolute atomic E-state index is 13.2. The Balaban J connectivity index is 2.20. The van der Waals surface area contributed by atoms with E-state index in [4.69, 9.17) is 9.47 Å². The molecule has 29 heavy (non-hydrogen) atoms. The van der Waals surface area contributed by atoms with Crippen LogP contribution in [0.1, 0.15) is 25.8 Å². The number of methoxy groups -OCH3 is 1. The molecule has 2 aromatic rings. The summed E-state index contributed by atoms with van der Waals surface area (Å²) in [5.74, 6) is 0.0141. The number of rotatable bonds is 10. The predicted octanol–water partition coefficient (Wildman–Crippen LogP) is 3.16. The summed E-state index contributed by atoms with van der Waals surface area (Å²) in [5, 5.41) is 2.77. The van der Waals surface area contributed by atoms with Crippen LogP contribution in [0.5, 0.6) is 11.5 Å². The Kier molecular flexibility index (Phi) is 8.45. The largest absolute Gasteiger partial charge is 0.493 e. The van der Waals surface area contributed by atoms with Crippen molar-refractivity contribution < 1.29 is 23.5 Å². The van der Waals surface area contributed by atoms with Crippen LogP contribution in [0.4, 0.5) is 4.39 Å². The summed E-state index contributed by atoms with van der Waals surface area (Å²) in [6, 6.07) is 12.2. The molecular formula is C22H27FN2O4. The van der Waals surface area contributed by atoms with Gasteiger partial charge in [0.1, 0.15) is 11.9 Å². The summed E-state index contributed by atoms with van der Waals surface area (Å²) in [5.41, 5.74) is 0.722. The molecule has 0 saturated heterocycles. The molecule has 0 fully saturated rings. The number of halogens is 1. The number of amides is 2. The number of ether oxygens (including phenoxy) is 2. The molecule has 2 amide bonds. The molecule has 0 heterocycles. The van der Waals surface area contributed by atoms with E-state index in [0.29, 0.717) is 24.5 Å². The fourth-order valence-corrected chi connectivity index (χ4v) is 2.96. The lowest BCUT2D eigenvalue weighted by molar-refractivity contribution is -0.142. The number of hydrogen-bond acceptors (Lipinski definition) is 4. The third kappa shape index (κ3) is 6.20. The van der Waals surface area contributed by atoms with Crippen LogP contribution in [-0.2, 0) is 16.1 Å². The molecule has 0 aliphatic carbocycles. The average molecular weight is 402 g/mol. The molecule has 2 rings (SSSR count). The number of nitrogens with one attached hydrogen (secondary N) is 1. The van der Waals surface area contributed by atoms with Gasteiger partial charge in [-0.3, -0.25) is 9.59 Å². The molecule has 0 aliphatic rings. The number of benzene rings is 2. The van der Waals surface area contributed by atoms with Crippen molar-refractivity contribution in [2.75, 3.05) is 20.3 Å². The maximum Gasteiger partial charge on any atom is 0.261 e. The van der Waals surface area contributed by atoms with Gasteiger partial charge in [-0.2, -0.15) is 0 Å². The van der Waals surface area contributed by atoms with Crippen LogP contribution < -0.4 is 14.8 Å².